The Morgan fingerprint density at radius 2 is 2.44 bits per heavy atom. The Balaban J connectivity index is 3.42. The lowest BCUT2D eigenvalue weighted by Gasteiger charge is -2.01. The van der Waals surface area contributed by atoms with E-state index in [1.165, 1.54) is 11.0 Å². The number of isothiocyanates is 1. The summed E-state index contributed by atoms with van der Waals surface area (Å²) in [4.78, 5) is 3.69. The van der Waals surface area contributed by atoms with Crippen LogP contribution in [-0.2, 0) is 0 Å². The molecule has 0 saturated heterocycles. The molecule has 5 heteroatoms. The molecule has 1 unspecified atom stereocenters. The van der Waals surface area contributed by atoms with E-state index in [9.17, 15) is 0 Å². The average Bonchev–Trinajstić information content (AvgIpc) is 1.91. The third kappa shape index (κ3) is 5.19. The lowest BCUT2D eigenvalue weighted by atomic mass is 10.5. The van der Waals surface area contributed by atoms with Gasteiger partial charge in [-0.25, -0.2) is 4.99 Å². The molecule has 0 saturated carbocycles. The zero-order valence-corrected chi connectivity index (χ0v) is 7.66. The molecule has 1 atom stereocenters. The minimum Gasteiger partial charge on any atom is -0.231 e. The average molecular weight is 202 g/mol. The van der Waals surface area contributed by atoms with E-state index >= 15 is 0 Å². The Hall–Kier alpha value is 0.730. The van der Waals surface area contributed by atoms with Crippen LogP contribution in [0.25, 0.3) is 0 Å². The molecule has 0 N–H and O–H groups in total. The van der Waals surface area contributed by atoms with Crippen molar-refractivity contribution in [2.45, 2.75) is 5.25 Å². The second-order valence-corrected chi connectivity index (χ2v) is 3.17. The predicted molar refractivity (Wildman–Crippen MR) is 47.8 cm³/mol. The Morgan fingerprint density at radius 1 is 1.78 bits per heavy atom. The highest BCUT2D eigenvalue weighted by molar-refractivity contribution is 8.21. The van der Waals surface area contributed by atoms with Gasteiger partial charge in [0.25, 0.3) is 0 Å². The van der Waals surface area contributed by atoms with Crippen LogP contribution in [0, 0.1) is 0 Å². The molecule has 0 radical (unpaired) electrons. The van der Waals surface area contributed by atoms with E-state index in [4.69, 9.17) is 22.3 Å². The summed E-state index contributed by atoms with van der Waals surface area (Å²) in [5.74, 6) is 0.495. The number of nitrogens with zero attached hydrogens (tertiary/aromatic N) is 1. The fourth-order valence-electron chi connectivity index (χ4n) is 0.240. The van der Waals surface area contributed by atoms with Crippen LogP contribution in [0.15, 0.2) is 4.99 Å². The third-order valence-corrected chi connectivity index (χ3v) is 2.67. The molecule has 0 spiro atoms. The number of aliphatic imine (C=N–C) groups is 1. The first kappa shape index (κ1) is 9.73. The fraction of sp³-hybridized carbons (Fsp3) is 0.750. The Kier molecular flexibility index (Phi) is 7.40. The van der Waals surface area contributed by atoms with Crippen molar-refractivity contribution < 1.29 is 0 Å². The summed E-state index contributed by atoms with van der Waals surface area (Å²) in [6.45, 7) is 0.557. The normalized spacial score (nSPS) is 12.2. The number of hydrogen-bond acceptors (Lipinski definition) is 3. The lowest BCUT2D eigenvalue weighted by Crippen LogP contribution is -2.05. The van der Waals surface area contributed by atoms with E-state index < -0.39 is 0 Å². The molecule has 9 heavy (non-hydrogen) atoms. The maximum atomic E-state index is 5.48. The molecule has 0 aliphatic rings. The first-order valence-corrected chi connectivity index (χ1v) is 4.87. The molecule has 0 aliphatic carbocycles. The first-order valence-electron chi connectivity index (χ1n) is 2.22. The fourth-order valence-corrected chi connectivity index (χ4v) is 1.33. The van der Waals surface area contributed by atoms with Crippen molar-refractivity contribution in [1.29, 1.82) is 0 Å². The smallest absolute Gasteiger partial charge is 0.0635 e. The summed E-state index contributed by atoms with van der Waals surface area (Å²) >= 11 is 9.83. The molecule has 0 heterocycles. The van der Waals surface area contributed by atoms with E-state index in [0.717, 1.165) is 0 Å². The van der Waals surface area contributed by atoms with Gasteiger partial charge in [-0.05, 0) is 33.9 Å². The molecule has 0 aromatic rings. The SMILES string of the molecule is S=C=NCC(CCl)SCl. The quantitative estimate of drug-likeness (QED) is 0.394. The molecule has 0 aromatic carbocycles. The summed E-state index contributed by atoms with van der Waals surface area (Å²) in [5, 5.41) is 2.40. The van der Waals surface area contributed by atoms with Gasteiger partial charge in [0.2, 0.25) is 0 Å². The number of hydrogen-bond donors (Lipinski definition) is 0. The van der Waals surface area contributed by atoms with E-state index in [-0.39, 0.29) is 5.25 Å². The van der Waals surface area contributed by atoms with Crippen molar-refractivity contribution >= 4 is 50.6 Å². The second kappa shape index (κ2) is 6.84. The van der Waals surface area contributed by atoms with E-state index in [1.807, 2.05) is 0 Å². The third-order valence-electron chi connectivity index (χ3n) is 0.658. The van der Waals surface area contributed by atoms with Gasteiger partial charge in [0.1, 0.15) is 0 Å². The standard InChI is InChI=1S/C4H5Cl2NS2/c5-1-4(9-6)2-7-3-8/h4H,1-2H2. The topological polar surface area (TPSA) is 12.4 Å². The van der Waals surface area contributed by atoms with Gasteiger partial charge < -0.3 is 0 Å². The molecule has 0 amide bonds. The maximum Gasteiger partial charge on any atom is 0.0635 e. The molecular formula is C4H5Cl2NS2. The highest BCUT2D eigenvalue weighted by atomic mass is 35.7. The van der Waals surface area contributed by atoms with Crippen molar-refractivity contribution in [2.24, 2.45) is 4.99 Å². The van der Waals surface area contributed by atoms with Gasteiger partial charge in [-0.3, -0.25) is 0 Å². The van der Waals surface area contributed by atoms with Crippen molar-refractivity contribution in [3.8, 4) is 0 Å². The molecule has 0 aliphatic heterocycles. The largest absolute Gasteiger partial charge is 0.231 e. The van der Waals surface area contributed by atoms with Crippen LogP contribution in [0.3, 0.4) is 0 Å². The van der Waals surface area contributed by atoms with Gasteiger partial charge >= 0.3 is 0 Å². The van der Waals surface area contributed by atoms with E-state index in [0.29, 0.717) is 12.4 Å². The van der Waals surface area contributed by atoms with Gasteiger partial charge in [0.05, 0.1) is 17.0 Å². The lowest BCUT2D eigenvalue weighted by molar-refractivity contribution is 0.972. The molecule has 1 nitrogen and oxygen atoms in total. The number of alkyl halides is 1. The molecule has 0 fully saturated rings. The summed E-state index contributed by atoms with van der Waals surface area (Å²) in [6, 6.07) is 0. The van der Waals surface area contributed by atoms with Gasteiger partial charge in [-0.1, -0.05) is 0 Å². The van der Waals surface area contributed by atoms with E-state index in [2.05, 4.69) is 22.4 Å². The van der Waals surface area contributed by atoms with Crippen LogP contribution >= 0.6 is 45.5 Å². The second-order valence-electron chi connectivity index (χ2n) is 1.30. The monoisotopic (exact) mass is 201 g/mol. The minimum atomic E-state index is 0.156. The van der Waals surface area contributed by atoms with Crippen molar-refractivity contribution in [1.82, 2.24) is 0 Å². The first-order chi connectivity index (χ1) is 4.35. The summed E-state index contributed by atoms with van der Waals surface area (Å²) in [7, 11) is 6.58. The van der Waals surface area contributed by atoms with Gasteiger partial charge in [-0.2, -0.15) is 0 Å². The highest BCUT2D eigenvalue weighted by Crippen LogP contribution is 2.16. The zero-order chi connectivity index (χ0) is 7.11. The highest BCUT2D eigenvalue weighted by Gasteiger charge is 2.03. The molecule has 52 valence electrons. The molecule has 0 bridgehead atoms. The van der Waals surface area contributed by atoms with Crippen molar-refractivity contribution in [2.75, 3.05) is 12.4 Å². The number of thiocarbonyl (C=S) groups is 1. The van der Waals surface area contributed by atoms with Gasteiger partial charge in [0, 0.05) is 5.88 Å². The van der Waals surface area contributed by atoms with Crippen molar-refractivity contribution in [3.63, 3.8) is 0 Å². The van der Waals surface area contributed by atoms with Gasteiger partial charge in [-0.15, -0.1) is 11.6 Å². The van der Waals surface area contributed by atoms with Crippen molar-refractivity contribution in [3.05, 3.63) is 0 Å². The van der Waals surface area contributed by atoms with Gasteiger partial charge in [0.15, 0.2) is 0 Å². The summed E-state index contributed by atoms with van der Waals surface area (Å²) in [6.07, 6.45) is 0. The molecular weight excluding hydrogens is 197 g/mol. The molecule has 0 aromatic heterocycles. The Labute approximate surface area is 73.3 Å². The summed E-state index contributed by atoms with van der Waals surface area (Å²) < 4.78 is 0. The van der Waals surface area contributed by atoms with Crippen LogP contribution < -0.4 is 0 Å². The maximum absolute atomic E-state index is 5.48. The van der Waals surface area contributed by atoms with Crippen LogP contribution in [0.2, 0.25) is 0 Å². The predicted octanol–water partition coefficient (Wildman–Crippen LogP) is 2.58. The van der Waals surface area contributed by atoms with Crippen LogP contribution in [0.1, 0.15) is 0 Å². The number of halogens is 2. The molecule has 0 rings (SSSR count). The minimum absolute atomic E-state index is 0.156. The summed E-state index contributed by atoms with van der Waals surface area (Å²) in [5.41, 5.74) is 0. The van der Waals surface area contributed by atoms with Crippen LogP contribution in [-0.4, -0.2) is 22.8 Å². The zero-order valence-electron chi connectivity index (χ0n) is 4.51. The Bertz CT molecular complexity index is 109. The Morgan fingerprint density at radius 3 is 2.78 bits per heavy atom. The van der Waals surface area contributed by atoms with Crippen LogP contribution in [0.4, 0.5) is 0 Å². The van der Waals surface area contributed by atoms with E-state index in [1.54, 1.807) is 0 Å². The van der Waals surface area contributed by atoms with Crippen LogP contribution in [0.5, 0.6) is 0 Å². The number of rotatable bonds is 4.